The molecule has 0 atom stereocenters. The van der Waals surface area contributed by atoms with Crippen molar-refractivity contribution in [3.8, 4) is 11.5 Å². The molecule has 7 nitrogen and oxygen atoms in total. The summed E-state index contributed by atoms with van der Waals surface area (Å²) in [7, 11) is 3.15. The quantitative estimate of drug-likeness (QED) is 0.360. The summed E-state index contributed by atoms with van der Waals surface area (Å²) in [5, 5.41) is 6.01. The normalized spacial score (nSPS) is 11.1. The molecule has 0 aliphatic carbocycles. The van der Waals surface area contributed by atoms with Crippen LogP contribution in [0, 0.1) is 0 Å². The number of alkyl halides is 2. The van der Waals surface area contributed by atoms with Gasteiger partial charge in [0.25, 0.3) is 0 Å². The number of guanidine groups is 1. The van der Waals surface area contributed by atoms with Crippen LogP contribution < -0.4 is 20.1 Å². The van der Waals surface area contributed by atoms with Gasteiger partial charge in [-0.1, -0.05) is 0 Å². The lowest BCUT2D eigenvalue weighted by atomic mass is 10.2. The lowest BCUT2D eigenvalue weighted by Crippen LogP contribution is -2.31. The number of aliphatic imine (C=N–C) groups is 1. The van der Waals surface area contributed by atoms with E-state index < -0.39 is 6.55 Å². The SMILES string of the molecule is CCOc1cc(NC(=NC)NCc2nccn2C(F)F)ccc1OC.I. The van der Waals surface area contributed by atoms with Crippen molar-refractivity contribution in [2.45, 2.75) is 20.0 Å². The van der Waals surface area contributed by atoms with Crippen molar-refractivity contribution in [3.05, 3.63) is 36.4 Å². The maximum atomic E-state index is 12.8. The number of hydrogen-bond acceptors (Lipinski definition) is 4. The molecule has 0 saturated heterocycles. The average Bonchev–Trinajstić information content (AvgIpc) is 3.08. The molecule has 2 rings (SSSR count). The molecule has 10 heteroatoms. The number of anilines is 1. The second-order valence-electron chi connectivity index (χ2n) is 4.88. The molecule has 0 bridgehead atoms. The van der Waals surface area contributed by atoms with Crippen LogP contribution in [0.5, 0.6) is 11.5 Å². The predicted molar refractivity (Wildman–Crippen MR) is 107 cm³/mol. The summed E-state index contributed by atoms with van der Waals surface area (Å²) in [5.41, 5.74) is 0.717. The molecular formula is C16H22F2IN5O2. The molecule has 0 aliphatic heterocycles. The Balaban J connectivity index is 0.00000338. The van der Waals surface area contributed by atoms with Crippen LogP contribution in [0.4, 0.5) is 14.5 Å². The zero-order valence-corrected chi connectivity index (χ0v) is 17.0. The summed E-state index contributed by atoms with van der Waals surface area (Å²) in [6.45, 7) is -0.149. The third-order valence-corrected chi connectivity index (χ3v) is 3.32. The molecule has 0 radical (unpaired) electrons. The third-order valence-electron chi connectivity index (χ3n) is 3.32. The van der Waals surface area contributed by atoms with E-state index in [0.29, 0.717) is 24.1 Å². The molecule has 1 aromatic carbocycles. The molecule has 0 fully saturated rings. The highest BCUT2D eigenvalue weighted by atomic mass is 127. The highest BCUT2D eigenvalue weighted by Crippen LogP contribution is 2.30. The zero-order chi connectivity index (χ0) is 18.2. The third kappa shape index (κ3) is 5.71. The summed E-state index contributed by atoms with van der Waals surface area (Å²) < 4.78 is 37.2. The minimum atomic E-state index is -2.63. The fourth-order valence-corrected chi connectivity index (χ4v) is 2.16. The van der Waals surface area contributed by atoms with Gasteiger partial charge in [0, 0.05) is 31.2 Å². The Morgan fingerprint density at radius 2 is 2.12 bits per heavy atom. The van der Waals surface area contributed by atoms with Crippen LogP contribution in [0.15, 0.2) is 35.6 Å². The van der Waals surface area contributed by atoms with E-state index in [9.17, 15) is 8.78 Å². The van der Waals surface area contributed by atoms with E-state index in [1.54, 1.807) is 32.4 Å². The van der Waals surface area contributed by atoms with Crippen LogP contribution in [0.3, 0.4) is 0 Å². The molecule has 0 unspecified atom stereocenters. The first kappa shape index (κ1) is 21.9. The van der Waals surface area contributed by atoms with Crippen LogP contribution in [0.25, 0.3) is 0 Å². The van der Waals surface area contributed by atoms with Gasteiger partial charge in [0.1, 0.15) is 5.82 Å². The van der Waals surface area contributed by atoms with Gasteiger partial charge in [-0.05, 0) is 19.1 Å². The number of benzene rings is 1. The molecule has 144 valence electrons. The van der Waals surface area contributed by atoms with Gasteiger partial charge in [-0.2, -0.15) is 8.78 Å². The molecule has 26 heavy (non-hydrogen) atoms. The number of halogens is 3. The van der Waals surface area contributed by atoms with Crippen molar-refractivity contribution in [1.82, 2.24) is 14.9 Å². The summed E-state index contributed by atoms with van der Waals surface area (Å²) in [5.74, 6) is 1.84. The van der Waals surface area contributed by atoms with Gasteiger partial charge in [-0.3, -0.25) is 9.56 Å². The maximum absolute atomic E-state index is 12.8. The summed E-state index contributed by atoms with van der Waals surface area (Å²) in [4.78, 5) is 7.99. The minimum absolute atomic E-state index is 0. The number of nitrogens with one attached hydrogen (secondary N) is 2. The van der Waals surface area contributed by atoms with Gasteiger partial charge < -0.3 is 20.1 Å². The lowest BCUT2D eigenvalue weighted by molar-refractivity contribution is 0.0668. The van der Waals surface area contributed by atoms with Crippen LogP contribution in [0.1, 0.15) is 19.3 Å². The summed E-state index contributed by atoms with van der Waals surface area (Å²) in [6.07, 6.45) is 2.56. The summed E-state index contributed by atoms with van der Waals surface area (Å²) >= 11 is 0. The molecule has 0 aliphatic rings. The first-order valence-corrected chi connectivity index (χ1v) is 7.67. The number of aromatic nitrogens is 2. The zero-order valence-electron chi connectivity index (χ0n) is 14.7. The van der Waals surface area contributed by atoms with Crippen LogP contribution in [0.2, 0.25) is 0 Å². The second-order valence-corrected chi connectivity index (χ2v) is 4.88. The van der Waals surface area contributed by atoms with E-state index in [2.05, 4.69) is 20.6 Å². The van der Waals surface area contributed by atoms with Crippen molar-refractivity contribution in [3.63, 3.8) is 0 Å². The van der Waals surface area contributed by atoms with E-state index in [1.807, 2.05) is 6.92 Å². The molecule has 2 aromatic rings. The van der Waals surface area contributed by atoms with Gasteiger partial charge >= 0.3 is 6.55 Å². The number of ether oxygens (including phenoxy) is 2. The Labute approximate surface area is 167 Å². The molecule has 1 heterocycles. The standard InChI is InChI=1S/C16H21F2N5O2.HI/c1-4-25-13-9-11(5-6-12(13)24-3)22-16(19-2)21-10-14-20-7-8-23(14)15(17)18;/h5-9,15H,4,10H2,1-3H3,(H2,19,21,22);1H. The van der Waals surface area contributed by atoms with Crippen LogP contribution in [-0.2, 0) is 6.54 Å². The molecule has 0 amide bonds. The lowest BCUT2D eigenvalue weighted by Gasteiger charge is -2.15. The van der Waals surface area contributed by atoms with Crippen molar-refractivity contribution >= 4 is 35.6 Å². The Morgan fingerprint density at radius 1 is 1.35 bits per heavy atom. The number of methoxy groups -OCH3 is 1. The Morgan fingerprint density at radius 3 is 2.73 bits per heavy atom. The van der Waals surface area contributed by atoms with Crippen molar-refractivity contribution < 1.29 is 18.3 Å². The fourth-order valence-electron chi connectivity index (χ4n) is 2.16. The van der Waals surface area contributed by atoms with E-state index >= 15 is 0 Å². The highest BCUT2D eigenvalue weighted by Gasteiger charge is 2.12. The molecule has 0 spiro atoms. The first-order valence-electron chi connectivity index (χ1n) is 7.67. The monoisotopic (exact) mass is 481 g/mol. The number of rotatable bonds is 7. The van der Waals surface area contributed by atoms with Crippen LogP contribution in [-0.4, -0.2) is 36.3 Å². The Hall–Kier alpha value is -2.11. The molecule has 1 aromatic heterocycles. The Kier molecular flexibility index (Phi) is 9.10. The predicted octanol–water partition coefficient (Wildman–Crippen LogP) is 3.49. The van der Waals surface area contributed by atoms with Gasteiger partial charge in [0.15, 0.2) is 17.5 Å². The first-order chi connectivity index (χ1) is 12.1. The number of nitrogens with zero attached hydrogens (tertiary/aromatic N) is 3. The largest absolute Gasteiger partial charge is 0.493 e. The number of imidazole rings is 1. The van der Waals surface area contributed by atoms with E-state index in [-0.39, 0.29) is 36.3 Å². The topological polar surface area (TPSA) is 72.7 Å². The highest BCUT2D eigenvalue weighted by molar-refractivity contribution is 14.0. The minimum Gasteiger partial charge on any atom is -0.493 e. The van der Waals surface area contributed by atoms with Gasteiger partial charge in [0.2, 0.25) is 0 Å². The van der Waals surface area contributed by atoms with E-state index in [4.69, 9.17) is 9.47 Å². The van der Waals surface area contributed by atoms with Gasteiger partial charge in [-0.15, -0.1) is 24.0 Å². The molecule has 0 saturated carbocycles. The van der Waals surface area contributed by atoms with Crippen molar-refractivity contribution in [2.24, 2.45) is 4.99 Å². The maximum Gasteiger partial charge on any atom is 0.319 e. The van der Waals surface area contributed by atoms with Crippen molar-refractivity contribution in [1.29, 1.82) is 0 Å². The van der Waals surface area contributed by atoms with E-state index in [0.717, 1.165) is 10.3 Å². The fraction of sp³-hybridized carbons (Fsp3) is 0.375. The smallest absolute Gasteiger partial charge is 0.319 e. The Bertz CT molecular complexity index is 724. The van der Waals surface area contributed by atoms with Crippen LogP contribution >= 0.6 is 24.0 Å². The van der Waals surface area contributed by atoms with E-state index in [1.165, 1.54) is 12.4 Å². The number of hydrogen-bond donors (Lipinski definition) is 2. The van der Waals surface area contributed by atoms with Crippen molar-refractivity contribution in [2.75, 3.05) is 26.1 Å². The molecular weight excluding hydrogens is 459 g/mol. The average molecular weight is 481 g/mol. The van der Waals surface area contributed by atoms with Gasteiger partial charge in [0.05, 0.1) is 20.3 Å². The second kappa shape index (κ2) is 10.8. The molecule has 2 N–H and O–H groups in total. The van der Waals surface area contributed by atoms with Gasteiger partial charge in [-0.25, -0.2) is 4.98 Å². The summed E-state index contributed by atoms with van der Waals surface area (Å²) in [6, 6.07) is 5.34.